The van der Waals surface area contributed by atoms with Crippen LogP contribution in [0.15, 0.2) is 12.1 Å². The Kier molecular flexibility index (Phi) is 5.11. The summed E-state index contributed by atoms with van der Waals surface area (Å²) in [6, 6.07) is 4.12. The maximum atomic E-state index is 5.95. The minimum atomic E-state index is 0.166. The second-order valence-electron chi connectivity index (χ2n) is 7.72. The predicted molar refractivity (Wildman–Crippen MR) is 110 cm³/mol. The zero-order valence-electron chi connectivity index (χ0n) is 17.9. The molecule has 2 aliphatic rings. The number of methoxy groups -OCH3 is 4. The van der Waals surface area contributed by atoms with Gasteiger partial charge in [0, 0.05) is 11.1 Å². The first-order valence-corrected chi connectivity index (χ1v) is 9.85. The number of fused-ring (bicyclic) bond motifs is 5. The monoisotopic (exact) mass is 400 g/mol. The lowest BCUT2D eigenvalue weighted by Crippen LogP contribution is -2.18. The van der Waals surface area contributed by atoms with E-state index in [-0.39, 0.29) is 6.79 Å². The Labute approximate surface area is 171 Å². The molecule has 0 saturated carbocycles. The third-order valence-corrected chi connectivity index (χ3v) is 6.13. The molecule has 156 valence electrons. The Bertz CT molecular complexity index is 936. The molecule has 0 aromatic heterocycles. The molecule has 4 rings (SSSR count). The molecule has 0 bridgehead atoms. The highest BCUT2D eigenvalue weighted by atomic mass is 16.7. The zero-order valence-corrected chi connectivity index (χ0v) is 17.9. The topological polar surface area (TPSA) is 55.4 Å². The largest absolute Gasteiger partial charge is 0.493 e. The molecule has 0 N–H and O–H groups in total. The van der Waals surface area contributed by atoms with Gasteiger partial charge in [-0.2, -0.15) is 0 Å². The Morgan fingerprint density at radius 3 is 1.83 bits per heavy atom. The first-order valence-electron chi connectivity index (χ1n) is 9.85. The number of hydrogen-bond donors (Lipinski definition) is 0. The quantitative estimate of drug-likeness (QED) is 0.754. The van der Waals surface area contributed by atoms with E-state index >= 15 is 0 Å². The second kappa shape index (κ2) is 7.58. The summed E-state index contributed by atoms with van der Waals surface area (Å²) >= 11 is 0. The first kappa shape index (κ1) is 19.6. The van der Waals surface area contributed by atoms with Crippen LogP contribution in [0, 0.1) is 11.8 Å². The third kappa shape index (κ3) is 3.02. The van der Waals surface area contributed by atoms with Crippen molar-refractivity contribution in [2.24, 2.45) is 11.8 Å². The predicted octanol–water partition coefficient (Wildman–Crippen LogP) is 4.49. The van der Waals surface area contributed by atoms with Gasteiger partial charge < -0.3 is 28.4 Å². The van der Waals surface area contributed by atoms with E-state index in [9.17, 15) is 0 Å². The van der Waals surface area contributed by atoms with Crippen LogP contribution in [0.2, 0.25) is 0 Å². The second-order valence-corrected chi connectivity index (χ2v) is 7.72. The first-order chi connectivity index (χ1) is 14.0. The molecular weight excluding hydrogens is 372 g/mol. The van der Waals surface area contributed by atoms with Gasteiger partial charge in [0.2, 0.25) is 18.3 Å². The Morgan fingerprint density at radius 2 is 1.24 bits per heavy atom. The molecular formula is C23H28O6. The molecule has 2 aromatic carbocycles. The third-order valence-electron chi connectivity index (χ3n) is 6.13. The summed E-state index contributed by atoms with van der Waals surface area (Å²) in [6.07, 6.45) is 1.80. The molecule has 29 heavy (non-hydrogen) atoms. The van der Waals surface area contributed by atoms with Crippen LogP contribution in [0.3, 0.4) is 0 Å². The highest BCUT2D eigenvalue weighted by Gasteiger charge is 2.34. The van der Waals surface area contributed by atoms with Crippen LogP contribution < -0.4 is 28.4 Å². The van der Waals surface area contributed by atoms with E-state index in [0.717, 1.165) is 35.1 Å². The average Bonchev–Trinajstić information content (AvgIpc) is 3.21. The molecule has 2 atom stereocenters. The van der Waals surface area contributed by atoms with Crippen molar-refractivity contribution < 1.29 is 28.4 Å². The molecule has 0 amide bonds. The van der Waals surface area contributed by atoms with E-state index in [2.05, 4.69) is 26.0 Å². The molecule has 0 radical (unpaired) electrons. The fourth-order valence-corrected chi connectivity index (χ4v) is 4.41. The van der Waals surface area contributed by atoms with Gasteiger partial charge in [-0.1, -0.05) is 13.8 Å². The van der Waals surface area contributed by atoms with Gasteiger partial charge in [-0.15, -0.1) is 0 Å². The summed E-state index contributed by atoms with van der Waals surface area (Å²) in [5, 5.41) is 0. The molecule has 1 heterocycles. The van der Waals surface area contributed by atoms with Crippen molar-refractivity contribution in [3.8, 4) is 45.6 Å². The van der Waals surface area contributed by atoms with Crippen molar-refractivity contribution in [1.29, 1.82) is 0 Å². The van der Waals surface area contributed by atoms with Gasteiger partial charge >= 0.3 is 0 Å². The molecule has 0 saturated heterocycles. The summed E-state index contributed by atoms with van der Waals surface area (Å²) in [5.41, 5.74) is 4.26. The molecule has 6 heteroatoms. The zero-order chi connectivity index (χ0) is 20.7. The normalized spacial score (nSPS) is 19.5. The van der Waals surface area contributed by atoms with Crippen LogP contribution in [-0.2, 0) is 12.8 Å². The van der Waals surface area contributed by atoms with E-state index in [1.54, 1.807) is 28.4 Å². The summed E-state index contributed by atoms with van der Waals surface area (Å²) in [4.78, 5) is 0. The molecule has 0 spiro atoms. The van der Waals surface area contributed by atoms with Crippen LogP contribution in [0.1, 0.15) is 25.0 Å². The van der Waals surface area contributed by atoms with Crippen LogP contribution in [0.4, 0.5) is 0 Å². The van der Waals surface area contributed by atoms with E-state index in [1.807, 2.05) is 0 Å². The highest BCUT2D eigenvalue weighted by Crippen LogP contribution is 2.56. The van der Waals surface area contributed by atoms with Crippen molar-refractivity contribution in [3.63, 3.8) is 0 Å². The van der Waals surface area contributed by atoms with Crippen molar-refractivity contribution in [2.45, 2.75) is 26.7 Å². The SMILES string of the molecule is COc1cc2c(c(OC)c1OC)-c1c(cc(OC)c3c1OCO3)C[C@@H](C)[C@H](C)C2. The Balaban J connectivity index is 2.11. The standard InChI is InChI=1S/C23H28O6/c1-12-7-14-9-16(24-3)20(26-5)22(27-6)18(14)19-15(8-13(12)2)10-17(25-4)21-23(19)29-11-28-21/h9-10,12-13H,7-8,11H2,1-6H3/t12-,13-/m1/s1. The number of hydrogen-bond acceptors (Lipinski definition) is 6. The van der Waals surface area contributed by atoms with Crippen LogP contribution in [0.25, 0.3) is 11.1 Å². The molecule has 1 aliphatic heterocycles. The van der Waals surface area contributed by atoms with Gasteiger partial charge in [-0.3, -0.25) is 0 Å². The molecule has 2 aromatic rings. The summed E-state index contributed by atoms with van der Waals surface area (Å²) in [7, 11) is 6.58. The van der Waals surface area contributed by atoms with Crippen molar-refractivity contribution in [3.05, 3.63) is 23.3 Å². The fourth-order valence-electron chi connectivity index (χ4n) is 4.41. The van der Waals surface area contributed by atoms with E-state index in [4.69, 9.17) is 28.4 Å². The molecule has 0 fully saturated rings. The Hall–Kier alpha value is -2.76. The molecule has 6 nitrogen and oxygen atoms in total. The molecule has 1 aliphatic carbocycles. The van der Waals surface area contributed by atoms with Gasteiger partial charge in [0.05, 0.1) is 28.4 Å². The van der Waals surface area contributed by atoms with Crippen LogP contribution in [-0.4, -0.2) is 35.2 Å². The number of benzene rings is 2. The van der Waals surface area contributed by atoms with E-state index in [0.29, 0.717) is 46.3 Å². The Morgan fingerprint density at radius 1 is 0.690 bits per heavy atom. The summed E-state index contributed by atoms with van der Waals surface area (Å²) in [5.74, 6) is 4.86. The van der Waals surface area contributed by atoms with E-state index < -0.39 is 0 Å². The van der Waals surface area contributed by atoms with Gasteiger partial charge in [-0.25, -0.2) is 0 Å². The smallest absolute Gasteiger partial charge is 0.231 e. The minimum absolute atomic E-state index is 0.166. The van der Waals surface area contributed by atoms with Gasteiger partial charge in [0.1, 0.15) is 0 Å². The average molecular weight is 400 g/mol. The van der Waals surface area contributed by atoms with Crippen molar-refractivity contribution in [1.82, 2.24) is 0 Å². The van der Waals surface area contributed by atoms with Crippen molar-refractivity contribution >= 4 is 0 Å². The maximum absolute atomic E-state index is 5.95. The van der Waals surface area contributed by atoms with Gasteiger partial charge in [0.15, 0.2) is 23.0 Å². The highest BCUT2D eigenvalue weighted by molar-refractivity contribution is 5.88. The fraction of sp³-hybridized carbons (Fsp3) is 0.478. The van der Waals surface area contributed by atoms with Gasteiger partial charge in [-0.05, 0) is 47.9 Å². The number of ether oxygens (including phenoxy) is 6. The lowest BCUT2D eigenvalue weighted by Gasteiger charge is -2.29. The summed E-state index contributed by atoms with van der Waals surface area (Å²) < 4.78 is 34.5. The summed E-state index contributed by atoms with van der Waals surface area (Å²) in [6.45, 7) is 4.74. The minimum Gasteiger partial charge on any atom is -0.493 e. The van der Waals surface area contributed by atoms with Gasteiger partial charge in [0.25, 0.3) is 0 Å². The molecule has 0 unspecified atom stereocenters. The number of rotatable bonds is 4. The lowest BCUT2D eigenvalue weighted by molar-refractivity contribution is 0.171. The maximum Gasteiger partial charge on any atom is 0.231 e. The van der Waals surface area contributed by atoms with Crippen LogP contribution >= 0.6 is 0 Å². The van der Waals surface area contributed by atoms with E-state index in [1.165, 1.54) is 0 Å². The van der Waals surface area contributed by atoms with Crippen LogP contribution in [0.5, 0.6) is 34.5 Å². The van der Waals surface area contributed by atoms with Crippen molar-refractivity contribution in [2.75, 3.05) is 35.2 Å². The lowest BCUT2D eigenvalue weighted by atomic mass is 9.77.